The monoisotopic (exact) mass is 282 g/mol. The second-order valence-corrected chi connectivity index (χ2v) is 6.30. The average Bonchev–Trinajstić information content (AvgIpc) is 2.55. The Kier molecular flexibility index (Phi) is 4.87. The van der Waals surface area contributed by atoms with Crippen LogP contribution in [0.25, 0.3) is 10.9 Å². The highest BCUT2D eigenvalue weighted by Crippen LogP contribution is 2.27. The molecular formula is C19H26N2. The van der Waals surface area contributed by atoms with Crippen LogP contribution in [0.15, 0.2) is 36.5 Å². The number of piperidine rings is 1. The fourth-order valence-electron chi connectivity index (χ4n) is 3.76. The van der Waals surface area contributed by atoms with Crippen molar-refractivity contribution in [3.05, 3.63) is 42.1 Å². The van der Waals surface area contributed by atoms with Gasteiger partial charge in [0.2, 0.25) is 0 Å². The molecule has 0 spiro atoms. The Morgan fingerprint density at radius 2 is 2.10 bits per heavy atom. The van der Waals surface area contributed by atoms with Crippen LogP contribution < -0.4 is 5.32 Å². The van der Waals surface area contributed by atoms with Gasteiger partial charge in [-0.2, -0.15) is 0 Å². The van der Waals surface area contributed by atoms with Gasteiger partial charge in [0.1, 0.15) is 0 Å². The molecule has 0 radical (unpaired) electrons. The van der Waals surface area contributed by atoms with Crippen molar-refractivity contribution in [2.24, 2.45) is 11.8 Å². The highest BCUT2D eigenvalue weighted by atomic mass is 14.9. The van der Waals surface area contributed by atoms with E-state index in [1.54, 1.807) is 0 Å². The fourth-order valence-corrected chi connectivity index (χ4v) is 3.76. The molecule has 2 atom stereocenters. The molecule has 3 rings (SSSR count). The Hall–Kier alpha value is -1.41. The van der Waals surface area contributed by atoms with E-state index < -0.39 is 0 Å². The van der Waals surface area contributed by atoms with Gasteiger partial charge in [-0.05, 0) is 68.3 Å². The maximum Gasteiger partial charge on any atom is 0.0704 e. The number of pyridine rings is 1. The standard InChI is InChI=1S/C19H26N2/c1-2-15-14-20-12-10-16(15)6-5-7-17-11-13-21-19-9-4-3-8-18(17)19/h3-4,8-9,11,13,15-16,20H,2,5-7,10,12,14H2,1H3. The van der Waals surface area contributed by atoms with Gasteiger partial charge >= 0.3 is 0 Å². The van der Waals surface area contributed by atoms with Crippen LogP contribution in [0.5, 0.6) is 0 Å². The van der Waals surface area contributed by atoms with Crippen molar-refractivity contribution in [1.29, 1.82) is 0 Å². The maximum absolute atomic E-state index is 4.46. The van der Waals surface area contributed by atoms with E-state index in [0.717, 1.165) is 17.4 Å². The summed E-state index contributed by atoms with van der Waals surface area (Å²) in [5, 5.41) is 4.87. The topological polar surface area (TPSA) is 24.9 Å². The molecule has 0 bridgehead atoms. The number of nitrogens with one attached hydrogen (secondary N) is 1. The van der Waals surface area contributed by atoms with Gasteiger partial charge in [-0.25, -0.2) is 0 Å². The molecule has 2 heteroatoms. The Labute approximate surface area is 128 Å². The molecule has 2 nitrogen and oxygen atoms in total. The number of fused-ring (bicyclic) bond motifs is 1. The highest BCUT2D eigenvalue weighted by Gasteiger charge is 2.22. The zero-order chi connectivity index (χ0) is 14.5. The quantitative estimate of drug-likeness (QED) is 0.889. The molecule has 1 aromatic heterocycles. The summed E-state index contributed by atoms with van der Waals surface area (Å²) in [5.41, 5.74) is 2.59. The first-order valence-corrected chi connectivity index (χ1v) is 8.42. The van der Waals surface area contributed by atoms with Crippen LogP contribution in [0.4, 0.5) is 0 Å². The molecule has 21 heavy (non-hydrogen) atoms. The molecule has 2 heterocycles. The van der Waals surface area contributed by atoms with Gasteiger partial charge < -0.3 is 5.32 Å². The number of hydrogen-bond donors (Lipinski definition) is 1. The normalized spacial score (nSPS) is 22.5. The minimum atomic E-state index is 0.882. The summed E-state index contributed by atoms with van der Waals surface area (Å²) in [7, 11) is 0. The van der Waals surface area contributed by atoms with Crippen molar-refractivity contribution in [2.45, 2.75) is 39.0 Å². The number of aromatic nitrogens is 1. The highest BCUT2D eigenvalue weighted by molar-refractivity contribution is 5.81. The van der Waals surface area contributed by atoms with Crippen molar-refractivity contribution in [3.63, 3.8) is 0 Å². The van der Waals surface area contributed by atoms with Gasteiger partial charge in [-0.3, -0.25) is 4.98 Å². The van der Waals surface area contributed by atoms with Gasteiger partial charge in [0, 0.05) is 11.6 Å². The molecule has 1 aromatic carbocycles. The van der Waals surface area contributed by atoms with Crippen LogP contribution in [0.1, 0.15) is 38.2 Å². The van der Waals surface area contributed by atoms with Crippen LogP contribution in [0, 0.1) is 11.8 Å². The summed E-state index contributed by atoms with van der Waals surface area (Å²) < 4.78 is 0. The van der Waals surface area contributed by atoms with Crippen molar-refractivity contribution in [1.82, 2.24) is 10.3 Å². The van der Waals surface area contributed by atoms with Crippen LogP contribution >= 0.6 is 0 Å². The number of aryl methyl sites for hydroxylation is 1. The molecule has 1 N–H and O–H groups in total. The first kappa shape index (κ1) is 14.5. The minimum Gasteiger partial charge on any atom is -0.316 e. The predicted molar refractivity (Wildman–Crippen MR) is 89.4 cm³/mol. The van der Waals surface area contributed by atoms with Gasteiger partial charge in [0.25, 0.3) is 0 Å². The molecule has 0 amide bonds. The Morgan fingerprint density at radius 3 is 3.00 bits per heavy atom. The van der Waals surface area contributed by atoms with E-state index in [2.05, 4.69) is 47.6 Å². The number of para-hydroxylation sites is 1. The zero-order valence-corrected chi connectivity index (χ0v) is 13.0. The Bertz CT molecular complexity index is 573. The third-order valence-corrected chi connectivity index (χ3v) is 5.05. The summed E-state index contributed by atoms with van der Waals surface area (Å²) >= 11 is 0. The van der Waals surface area contributed by atoms with Crippen molar-refractivity contribution in [3.8, 4) is 0 Å². The molecule has 2 unspecified atom stereocenters. The van der Waals surface area contributed by atoms with Crippen LogP contribution in [0.2, 0.25) is 0 Å². The zero-order valence-electron chi connectivity index (χ0n) is 13.0. The van der Waals surface area contributed by atoms with Crippen molar-refractivity contribution in [2.75, 3.05) is 13.1 Å². The second kappa shape index (κ2) is 7.04. The number of hydrogen-bond acceptors (Lipinski definition) is 2. The Morgan fingerprint density at radius 1 is 1.19 bits per heavy atom. The second-order valence-electron chi connectivity index (χ2n) is 6.30. The summed E-state index contributed by atoms with van der Waals surface area (Å²) in [6, 6.07) is 10.7. The van der Waals surface area contributed by atoms with E-state index in [1.165, 1.54) is 56.1 Å². The lowest BCUT2D eigenvalue weighted by atomic mass is 9.81. The first-order valence-electron chi connectivity index (χ1n) is 8.42. The average molecular weight is 282 g/mol. The molecule has 1 aliphatic heterocycles. The third kappa shape index (κ3) is 3.44. The van der Waals surface area contributed by atoms with E-state index in [-0.39, 0.29) is 0 Å². The van der Waals surface area contributed by atoms with E-state index in [0.29, 0.717) is 0 Å². The molecule has 112 valence electrons. The lowest BCUT2D eigenvalue weighted by Gasteiger charge is -2.31. The van der Waals surface area contributed by atoms with Crippen LogP contribution in [0.3, 0.4) is 0 Å². The molecular weight excluding hydrogens is 256 g/mol. The lowest BCUT2D eigenvalue weighted by molar-refractivity contribution is 0.230. The third-order valence-electron chi connectivity index (χ3n) is 5.05. The van der Waals surface area contributed by atoms with Gasteiger partial charge in [0.15, 0.2) is 0 Å². The van der Waals surface area contributed by atoms with E-state index in [1.807, 2.05) is 6.20 Å². The molecule has 2 aromatic rings. The van der Waals surface area contributed by atoms with E-state index >= 15 is 0 Å². The lowest BCUT2D eigenvalue weighted by Crippen LogP contribution is -2.36. The molecule has 1 fully saturated rings. The Balaban J connectivity index is 1.61. The van der Waals surface area contributed by atoms with Crippen molar-refractivity contribution < 1.29 is 0 Å². The molecule has 0 aliphatic carbocycles. The van der Waals surface area contributed by atoms with E-state index in [4.69, 9.17) is 0 Å². The summed E-state index contributed by atoms with van der Waals surface area (Å²) in [5.74, 6) is 1.80. The molecule has 0 saturated carbocycles. The molecule has 1 aliphatic rings. The van der Waals surface area contributed by atoms with Crippen LogP contribution in [-0.4, -0.2) is 18.1 Å². The van der Waals surface area contributed by atoms with Gasteiger partial charge in [-0.1, -0.05) is 31.5 Å². The summed E-state index contributed by atoms with van der Waals surface area (Å²) in [6.45, 7) is 4.76. The number of nitrogens with zero attached hydrogens (tertiary/aromatic N) is 1. The smallest absolute Gasteiger partial charge is 0.0704 e. The number of benzene rings is 1. The molecule has 1 saturated heterocycles. The minimum absolute atomic E-state index is 0.882. The largest absolute Gasteiger partial charge is 0.316 e. The fraction of sp³-hybridized carbons (Fsp3) is 0.526. The van der Waals surface area contributed by atoms with E-state index in [9.17, 15) is 0 Å². The predicted octanol–water partition coefficient (Wildman–Crippen LogP) is 4.19. The maximum atomic E-state index is 4.46. The SMILES string of the molecule is CCC1CNCCC1CCCc1ccnc2ccccc12. The van der Waals surface area contributed by atoms with Crippen LogP contribution in [-0.2, 0) is 6.42 Å². The number of rotatable bonds is 5. The summed E-state index contributed by atoms with van der Waals surface area (Å²) in [6.07, 6.45) is 8.48. The summed E-state index contributed by atoms with van der Waals surface area (Å²) in [4.78, 5) is 4.46. The van der Waals surface area contributed by atoms with Gasteiger partial charge in [0.05, 0.1) is 5.52 Å². The van der Waals surface area contributed by atoms with Gasteiger partial charge in [-0.15, -0.1) is 0 Å². The van der Waals surface area contributed by atoms with Crippen molar-refractivity contribution >= 4 is 10.9 Å². The first-order chi connectivity index (χ1) is 10.4.